The van der Waals surface area contributed by atoms with E-state index in [-0.39, 0.29) is 24.3 Å². The largest absolute Gasteiger partial charge is 0.492 e. The van der Waals surface area contributed by atoms with Crippen molar-refractivity contribution in [3.63, 3.8) is 0 Å². The fraction of sp³-hybridized carbons (Fsp3) is 0.500. The maximum absolute atomic E-state index is 14.1. The van der Waals surface area contributed by atoms with Gasteiger partial charge in [-0.15, -0.1) is 0 Å². The Morgan fingerprint density at radius 3 is 2.39 bits per heavy atom. The highest BCUT2D eigenvalue weighted by molar-refractivity contribution is 5.80. The zero-order chi connectivity index (χ0) is 35.6. The van der Waals surface area contributed by atoms with Gasteiger partial charge in [0.15, 0.2) is 0 Å². The first kappa shape index (κ1) is 36.8. The van der Waals surface area contributed by atoms with Crippen molar-refractivity contribution in [2.75, 3.05) is 52.7 Å². The number of fused-ring (bicyclic) bond motifs is 1. The summed E-state index contributed by atoms with van der Waals surface area (Å²) < 4.78 is 22.6. The summed E-state index contributed by atoms with van der Waals surface area (Å²) in [5, 5.41) is 28.7. The number of aliphatic hydroxyl groups excluding tert-OH is 2. The van der Waals surface area contributed by atoms with E-state index in [1.807, 2.05) is 85.8 Å². The van der Waals surface area contributed by atoms with E-state index in [4.69, 9.17) is 18.9 Å². The number of nitrogens with zero attached hydrogens (tertiary/aromatic N) is 1. The molecule has 0 radical (unpaired) electrons. The van der Waals surface area contributed by atoms with Crippen LogP contribution in [-0.4, -0.2) is 104 Å². The second kappa shape index (κ2) is 18.0. The molecular weight excluding hydrogens is 650 g/mol. The smallest absolute Gasteiger partial charge is 0.407 e. The van der Waals surface area contributed by atoms with Gasteiger partial charge in [0.05, 0.1) is 50.7 Å². The van der Waals surface area contributed by atoms with Gasteiger partial charge >= 0.3 is 6.09 Å². The minimum Gasteiger partial charge on any atom is -0.492 e. The van der Waals surface area contributed by atoms with Crippen molar-refractivity contribution >= 4 is 12.0 Å². The van der Waals surface area contributed by atoms with Gasteiger partial charge in [-0.3, -0.25) is 9.69 Å². The Labute approximate surface area is 300 Å². The lowest BCUT2D eigenvalue weighted by molar-refractivity contribution is -0.127. The molecule has 51 heavy (non-hydrogen) atoms. The zero-order valence-corrected chi connectivity index (χ0v) is 29.3. The maximum Gasteiger partial charge on any atom is 0.407 e. The van der Waals surface area contributed by atoms with Crippen molar-refractivity contribution in [2.45, 2.75) is 63.0 Å². The van der Waals surface area contributed by atoms with Crippen LogP contribution in [0.15, 0.2) is 78.9 Å². The van der Waals surface area contributed by atoms with Crippen LogP contribution in [0, 0.1) is 11.8 Å². The first-order chi connectivity index (χ1) is 24.8. The first-order valence-corrected chi connectivity index (χ1v) is 18.2. The summed E-state index contributed by atoms with van der Waals surface area (Å²) in [5.41, 5.74) is 3.73. The van der Waals surface area contributed by atoms with Gasteiger partial charge in [0.1, 0.15) is 18.5 Å². The van der Waals surface area contributed by atoms with Gasteiger partial charge in [0, 0.05) is 37.9 Å². The Kier molecular flexibility index (Phi) is 13.0. The molecule has 4 N–H and O–H groups in total. The molecule has 2 saturated heterocycles. The second-order valence-electron chi connectivity index (χ2n) is 14.0. The van der Waals surface area contributed by atoms with Gasteiger partial charge < -0.3 is 39.8 Å². The number of alkyl carbamates (subject to hydrolysis) is 1. The van der Waals surface area contributed by atoms with Crippen molar-refractivity contribution in [2.24, 2.45) is 11.8 Å². The van der Waals surface area contributed by atoms with Gasteiger partial charge in [0.2, 0.25) is 5.91 Å². The lowest BCUT2D eigenvalue weighted by Gasteiger charge is -2.29. The van der Waals surface area contributed by atoms with E-state index in [0.29, 0.717) is 39.1 Å². The Balaban J connectivity index is 1.16. The van der Waals surface area contributed by atoms with Crippen LogP contribution in [0.1, 0.15) is 41.6 Å². The Bertz CT molecular complexity index is 1550. The molecule has 7 atom stereocenters. The lowest BCUT2D eigenvalue weighted by Crippen LogP contribution is -2.48. The average molecular weight is 702 g/mol. The van der Waals surface area contributed by atoms with E-state index in [0.717, 1.165) is 60.9 Å². The van der Waals surface area contributed by atoms with Crippen molar-refractivity contribution in [3.05, 3.63) is 101 Å². The SMILES string of the molecule is C[C@H]1COC[C@H]1OC(=O)N[C@@H](Cc1ccccc1)[C@@H](O)C[C@@H](Cc1ccc(OCCN2CCOCC2)cc1)C(=O)N[C@H]1c2ccccc2C[C@H]1O. The lowest BCUT2D eigenvalue weighted by atomic mass is 9.88. The van der Waals surface area contributed by atoms with E-state index in [1.54, 1.807) is 0 Å². The number of amides is 2. The number of hydrogen-bond acceptors (Lipinski definition) is 9. The molecule has 0 bridgehead atoms. The molecule has 2 fully saturated rings. The number of benzene rings is 3. The molecule has 3 aliphatic rings. The molecule has 3 aromatic rings. The molecule has 3 aromatic carbocycles. The van der Waals surface area contributed by atoms with Gasteiger partial charge in [-0.25, -0.2) is 4.79 Å². The fourth-order valence-electron chi connectivity index (χ4n) is 7.15. The standard InChI is InChI=1S/C40H51N3O8/c1-27-25-49-26-37(27)51-40(47)41-34(22-28-7-3-2-4-8-28)35(44)24-31(39(46)42-38-33-10-6-5-9-30(33)23-36(38)45)21-29-11-13-32(14-12-29)50-20-17-43-15-18-48-19-16-43/h2-14,27,31,34-38,44-45H,15-26H2,1H3,(H,41,47)(H,42,46)/t27-,31+,34-,35-,36+,37+,38-/m0/s1. The van der Waals surface area contributed by atoms with E-state index < -0.39 is 36.3 Å². The van der Waals surface area contributed by atoms with Gasteiger partial charge in [-0.1, -0.05) is 73.7 Å². The third-order valence-corrected chi connectivity index (χ3v) is 10.2. The average Bonchev–Trinajstić information content (AvgIpc) is 3.69. The monoisotopic (exact) mass is 701 g/mol. The zero-order valence-electron chi connectivity index (χ0n) is 29.3. The van der Waals surface area contributed by atoms with Crippen LogP contribution < -0.4 is 15.4 Å². The van der Waals surface area contributed by atoms with Crippen LogP contribution in [0.2, 0.25) is 0 Å². The number of carbonyl (C=O) groups excluding carboxylic acids is 2. The Hall–Kier alpha value is -4.00. The van der Waals surface area contributed by atoms with Crippen molar-refractivity contribution in [1.29, 1.82) is 0 Å². The minimum absolute atomic E-state index is 0.0643. The topological polar surface area (TPSA) is 139 Å². The summed E-state index contributed by atoms with van der Waals surface area (Å²) in [6.07, 6.45) is -1.65. The molecule has 2 amide bonds. The molecule has 11 nitrogen and oxygen atoms in total. The second-order valence-corrected chi connectivity index (χ2v) is 14.0. The molecule has 2 aliphatic heterocycles. The molecule has 2 heterocycles. The van der Waals surface area contributed by atoms with Crippen LogP contribution in [-0.2, 0) is 38.3 Å². The predicted octanol–water partition coefficient (Wildman–Crippen LogP) is 3.45. The van der Waals surface area contributed by atoms with Gasteiger partial charge in [-0.2, -0.15) is 0 Å². The molecule has 1 aliphatic carbocycles. The van der Waals surface area contributed by atoms with E-state index >= 15 is 0 Å². The molecule has 0 spiro atoms. The fourth-order valence-corrected chi connectivity index (χ4v) is 7.15. The van der Waals surface area contributed by atoms with Gasteiger partial charge in [-0.05, 0) is 53.6 Å². The third-order valence-electron chi connectivity index (χ3n) is 10.2. The molecule has 274 valence electrons. The quantitative estimate of drug-likeness (QED) is 0.188. The molecule has 11 heteroatoms. The molecule has 0 saturated carbocycles. The van der Waals surface area contributed by atoms with Crippen LogP contribution in [0.4, 0.5) is 4.79 Å². The van der Waals surface area contributed by atoms with Crippen molar-refractivity contribution in [3.8, 4) is 5.75 Å². The number of carbonyl (C=O) groups is 2. The van der Waals surface area contributed by atoms with Crippen molar-refractivity contribution < 1.29 is 38.7 Å². The Morgan fingerprint density at radius 2 is 1.65 bits per heavy atom. The minimum atomic E-state index is -1.09. The summed E-state index contributed by atoms with van der Waals surface area (Å²) in [6.45, 7) is 7.49. The highest BCUT2D eigenvalue weighted by Gasteiger charge is 2.36. The molecular formula is C40H51N3O8. The summed E-state index contributed by atoms with van der Waals surface area (Å²) in [6, 6.07) is 23.7. The van der Waals surface area contributed by atoms with Crippen LogP contribution in [0.25, 0.3) is 0 Å². The van der Waals surface area contributed by atoms with Crippen LogP contribution >= 0.6 is 0 Å². The van der Waals surface area contributed by atoms with Crippen LogP contribution in [0.5, 0.6) is 5.75 Å². The molecule has 6 rings (SSSR count). The summed E-state index contributed by atoms with van der Waals surface area (Å²) in [5.74, 6) is -0.142. The van der Waals surface area contributed by atoms with E-state index in [2.05, 4.69) is 15.5 Å². The number of hydrogen-bond donors (Lipinski definition) is 4. The summed E-state index contributed by atoms with van der Waals surface area (Å²) in [4.78, 5) is 29.6. The molecule has 0 unspecified atom stereocenters. The summed E-state index contributed by atoms with van der Waals surface area (Å²) >= 11 is 0. The highest BCUT2D eigenvalue weighted by atomic mass is 16.6. The third kappa shape index (κ3) is 10.3. The Morgan fingerprint density at radius 1 is 0.922 bits per heavy atom. The number of ether oxygens (including phenoxy) is 4. The number of nitrogens with one attached hydrogen (secondary N) is 2. The number of rotatable bonds is 15. The first-order valence-electron chi connectivity index (χ1n) is 18.2. The predicted molar refractivity (Wildman–Crippen MR) is 191 cm³/mol. The highest BCUT2D eigenvalue weighted by Crippen LogP contribution is 2.32. The number of aliphatic hydroxyl groups is 2. The van der Waals surface area contributed by atoms with Gasteiger partial charge in [0.25, 0.3) is 0 Å². The van der Waals surface area contributed by atoms with E-state index in [1.165, 1.54) is 0 Å². The van der Waals surface area contributed by atoms with Crippen molar-refractivity contribution in [1.82, 2.24) is 15.5 Å². The van der Waals surface area contributed by atoms with E-state index in [9.17, 15) is 19.8 Å². The number of morpholine rings is 1. The summed E-state index contributed by atoms with van der Waals surface area (Å²) in [7, 11) is 0. The maximum atomic E-state index is 14.1. The van der Waals surface area contributed by atoms with Crippen LogP contribution in [0.3, 0.4) is 0 Å². The normalized spacial score (nSPS) is 23.5. The molecule has 0 aromatic heterocycles.